The van der Waals surface area contributed by atoms with Crippen molar-refractivity contribution in [1.29, 1.82) is 0 Å². The summed E-state index contributed by atoms with van der Waals surface area (Å²) in [5.41, 5.74) is 0.210. The van der Waals surface area contributed by atoms with E-state index in [1.807, 2.05) is 0 Å². The van der Waals surface area contributed by atoms with Crippen LogP contribution in [0.15, 0.2) is 47.1 Å². The van der Waals surface area contributed by atoms with Crippen molar-refractivity contribution in [3.05, 3.63) is 64.1 Å². The quantitative estimate of drug-likeness (QED) is 0.413. The summed E-state index contributed by atoms with van der Waals surface area (Å²) in [6.07, 6.45) is 1.37. The number of benzene rings is 1. The molecular formula is C17H18N2O6. The molecule has 0 fully saturated rings. The molecule has 1 aromatic heterocycles. The predicted octanol–water partition coefficient (Wildman–Crippen LogP) is 2.32. The van der Waals surface area contributed by atoms with Crippen LogP contribution < -0.4 is 0 Å². The number of furan rings is 1. The Balaban J connectivity index is 2.13. The lowest BCUT2D eigenvalue weighted by Crippen LogP contribution is -2.34. The number of para-hydroxylation sites is 1. The molecule has 0 aliphatic carbocycles. The fourth-order valence-electron chi connectivity index (χ4n) is 2.32. The van der Waals surface area contributed by atoms with Gasteiger partial charge in [0.1, 0.15) is 5.76 Å². The van der Waals surface area contributed by atoms with Crippen LogP contribution >= 0.6 is 0 Å². The fourth-order valence-corrected chi connectivity index (χ4v) is 2.32. The molecule has 2 aromatic rings. The van der Waals surface area contributed by atoms with Crippen molar-refractivity contribution in [3.63, 3.8) is 0 Å². The van der Waals surface area contributed by atoms with Gasteiger partial charge in [-0.15, -0.1) is 0 Å². The van der Waals surface area contributed by atoms with E-state index in [0.717, 1.165) is 0 Å². The van der Waals surface area contributed by atoms with Crippen molar-refractivity contribution in [1.82, 2.24) is 4.90 Å². The lowest BCUT2D eigenvalue weighted by molar-refractivity contribution is -0.385. The van der Waals surface area contributed by atoms with E-state index in [-0.39, 0.29) is 37.5 Å². The minimum absolute atomic E-state index is 0.0276. The lowest BCUT2D eigenvalue weighted by atomic mass is 10.1. The molecule has 1 aromatic carbocycles. The SMILES string of the molecule is COC(=O)CCN(Cc1ccco1)C(=O)Cc1ccccc1[N+](=O)[O-]. The second-order valence-electron chi connectivity index (χ2n) is 5.28. The molecule has 1 heterocycles. The summed E-state index contributed by atoms with van der Waals surface area (Å²) in [6.45, 7) is 0.302. The molecule has 0 spiro atoms. The molecule has 1 amide bonds. The molecule has 0 unspecified atom stereocenters. The van der Waals surface area contributed by atoms with Crippen LogP contribution in [-0.4, -0.2) is 35.4 Å². The van der Waals surface area contributed by atoms with E-state index < -0.39 is 10.9 Å². The van der Waals surface area contributed by atoms with Crippen LogP contribution in [-0.2, 0) is 27.3 Å². The molecular weight excluding hydrogens is 328 g/mol. The van der Waals surface area contributed by atoms with Gasteiger partial charge in [0.2, 0.25) is 5.91 Å². The van der Waals surface area contributed by atoms with Crippen molar-refractivity contribution in [2.45, 2.75) is 19.4 Å². The third kappa shape index (κ3) is 5.17. The van der Waals surface area contributed by atoms with Gasteiger partial charge >= 0.3 is 5.97 Å². The average molecular weight is 346 g/mol. The number of carbonyl (C=O) groups excluding carboxylic acids is 2. The third-order valence-electron chi connectivity index (χ3n) is 3.62. The van der Waals surface area contributed by atoms with E-state index in [1.54, 1.807) is 30.3 Å². The monoisotopic (exact) mass is 346 g/mol. The Labute approximate surface area is 144 Å². The van der Waals surface area contributed by atoms with Crippen LogP contribution in [0.3, 0.4) is 0 Å². The third-order valence-corrected chi connectivity index (χ3v) is 3.62. The van der Waals surface area contributed by atoms with Crippen LogP contribution in [0.4, 0.5) is 5.69 Å². The Hall–Kier alpha value is -3.16. The minimum Gasteiger partial charge on any atom is -0.469 e. The topological polar surface area (TPSA) is 103 Å². The molecule has 0 saturated heterocycles. The first-order valence-electron chi connectivity index (χ1n) is 7.60. The van der Waals surface area contributed by atoms with Gasteiger partial charge in [-0.3, -0.25) is 19.7 Å². The Kier molecular flexibility index (Phi) is 6.27. The van der Waals surface area contributed by atoms with Gasteiger partial charge in [-0.1, -0.05) is 18.2 Å². The van der Waals surface area contributed by atoms with Gasteiger partial charge < -0.3 is 14.1 Å². The summed E-state index contributed by atoms with van der Waals surface area (Å²) in [5, 5.41) is 11.1. The van der Waals surface area contributed by atoms with Gasteiger partial charge in [0, 0.05) is 18.2 Å². The molecule has 0 radical (unpaired) electrons. The first-order valence-corrected chi connectivity index (χ1v) is 7.60. The van der Waals surface area contributed by atoms with Gasteiger partial charge in [-0.25, -0.2) is 0 Å². The Bertz CT molecular complexity index is 741. The highest BCUT2D eigenvalue weighted by molar-refractivity contribution is 5.80. The number of hydrogen-bond donors (Lipinski definition) is 0. The molecule has 0 atom stereocenters. The lowest BCUT2D eigenvalue weighted by Gasteiger charge is -2.21. The molecule has 0 bridgehead atoms. The number of esters is 1. The summed E-state index contributed by atoms with van der Waals surface area (Å²) < 4.78 is 9.84. The summed E-state index contributed by atoms with van der Waals surface area (Å²) in [5.74, 6) is -0.224. The highest BCUT2D eigenvalue weighted by Gasteiger charge is 2.21. The fraction of sp³-hybridized carbons (Fsp3) is 0.294. The van der Waals surface area contributed by atoms with E-state index in [9.17, 15) is 19.7 Å². The number of amides is 1. The molecule has 25 heavy (non-hydrogen) atoms. The first-order chi connectivity index (χ1) is 12.0. The first kappa shape index (κ1) is 18.2. The zero-order valence-corrected chi connectivity index (χ0v) is 13.7. The summed E-state index contributed by atoms with van der Waals surface area (Å²) in [7, 11) is 1.27. The maximum Gasteiger partial charge on any atom is 0.307 e. The molecule has 0 N–H and O–H groups in total. The molecule has 0 aliphatic rings. The number of hydrogen-bond acceptors (Lipinski definition) is 6. The van der Waals surface area contributed by atoms with Crippen LogP contribution in [0.25, 0.3) is 0 Å². The zero-order chi connectivity index (χ0) is 18.2. The Morgan fingerprint density at radius 3 is 2.64 bits per heavy atom. The van der Waals surface area contributed by atoms with Crippen LogP contribution in [0.1, 0.15) is 17.7 Å². The highest BCUT2D eigenvalue weighted by atomic mass is 16.6. The van der Waals surface area contributed by atoms with Gasteiger partial charge in [0.05, 0.1) is 37.7 Å². The summed E-state index contributed by atoms with van der Waals surface area (Å²) >= 11 is 0. The van der Waals surface area contributed by atoms with Crippen LogP contribution in [0.5, 0.6) is 0 Å². The summed E-state index contributed by atoms with van der Waals surface area (Å²) in [6, 6.07) is 9.49. The molecule has 0 saturated carbocycles. The van der Waals surface area contributed by atoms with Crippen molar-refractivity contribution in [2.24, 2.45) is 0 Å². The second kappa shape index (κ2) is 8.62. The van der Waals surface area contributed by atoms with E-state index in [0.29, 0.717) is 11.3 Å². The summed E-state index contributed by atoms with van der Waals surface area (Å²) in [4.78, 5) is 36.0. The van der Waals surface area contributed by atoms with E-state index in [1.165, 1.54) is 24.3 Å². The second-order valence-corrected chi connectivity index (χ2v) is 5.28. The largest absolute Gasteiger partial charge is 0.469 e. The van der Waals surface area contributed by atoms with Crippen molar-refractivity contribution < 1.29 is 23.7 Å². The number of methoxy groups -OCH3 is 1. The number of nitro benzene ring substituents is 1. The van der Waals surface area contributed by atoms with E-state index in [2.05, 4.69) is 4.74 Å². The number of rotatable bonds is 8. The number of carbonyl (C=O) groups is 2. The minimum atomic E-state index is -0.520. The van der Waals surface area contributed by atoms with Crippen molar-refractivity contribution >= 4 is 17.6 Å². The Morgan fingerprint density at radius 1 is 1.24 bits per heavy atom. The highest BCUT2D eigenvalue weighted by Crippen LogP contribution is 2.19. The maximum atomic E-state index is 12.6. The molecule has 8 heteroatoms. The van der Waals surface area contributed by atoms with Crippen LogP contribution in [0, 0.1) is 10.1 Å². The van der Waals surface area contributed by atoms with Crippen molar-refractivity contribution in [3.8, 4) is 0 Å². The molecule has 132 valence electrons. The number of nitro groups is 1. The zero-order valence-electron chi connectivity index (χ0n) is 13.7. The molecule has 0 aliphatic heterocycles. The molecule has 8 nitrogen and oxygen atoms in total. The Morgan fingerprint density at radius 2 is 2.00 bits per heavy atom. The standard InChI is InChI=1S/C17H18N2O6/c1-24-17(21)8-9-18(12-14-6-4-10-25-14)16(20)11-13-5-2-3-7-15(13)19(22)23/h2-7,10H,8-9,11-12H2,1H3. The maximum absolute atomic E-state index is 12.6. The van der Waals surface area contributed by atoms with E-state index in [4.69, 9.17) is 4.42 Å². The smallest absolute Gasteiger partial charge is 0.307 e. The average Bonchev–Trinajstić information content (AvgIpc) is 3.11. The van der Waals surface area contributed by atoms with Crippen molar-refractivity contribution in [2.75, 3.05) is 13.7 Å². The number of ether oxygens (including phenoxy) is 1. The van der Waals surface area contributed by atoms with Gasteiger partial charge in [0.25, 0.3) is 5.69 Å². The number of nitrogens with zero attached hydrogens (tertiary/aromatic N) is 2. The van der Waals surface area contributed by atoms with Gasteiger partial charge in [-0.2, -0.15) is 0 Å². The van der Waals surface area contributed by atoms with E-state index >= 15 is 0 Å². The van der Waals surface area contributed by atoms with Gasteiger partial charge in [-0.05, 0) is 12.1 Å². The van der Waals surface area contributed by atoms with Gasteiger partial charge in [0.15, 0.2) is 0 Å². The molecule has 2 rings (SSSR count). The van der Waals surface area contributed by atoms with Crippen LogP contribution in [0.2, 0.25) is 0 Å². The predicted molar refractivity (Wildman–Crippen MR) is 87.6 cm³/mol. The normalized spacial score (nSPS) is 10.3.